The molecule has 0 aliphatic carbocycles. The molecule has 3 aromatic rings. The number of hydrogen-bond acceptors (Lipinski definition) is 7. The molecule has 39 heavy (non-hydrogen) atoms. The quantitative estimate of drug-likeness (QED) is 0.222. The Morgan fingerprint density at radius 3 is 2.36 bits per heavy atom. The molecule has 8 heteroatoms. The van der Waals surface area contributed by atoms with E-state index in [1.54, 1.807) is 61.5 Å². The van der Waals surface area contributed by atoms with E-state index in [0.717, 1.165) is 5.56 Å². The van der Waals surface area contributed by atoms with E-state index in [1.165, 1.54) is 11.0 Å². The van der Waals surface area contributed by atoms with Crippen molar-refractivity contribution in [2.75, 3.05) is 18.1 Å². The lowest BCUT2D eigenvalue weighted by molar-refractivity contribution is -0.132. The van der Waals surface area contributed by atoms with Gasteiger partial charge >= 0.3 is 0 Å². The van der Waals surface area contributed by atoms with Crippen molar-refractivity contribution in [1.82, 2.24) is 0 Å². The second-order valence-corrected chi connectivity index (χ2v) is 9.67. The third kappa shape index (κ3) is 5.43. The number of benzene rings is 3. The van der Waals surface area contributed by atoms with E-state index < -0.39 is 17.7 Å². The number of phenolic OH excluding ortho intramolecular Hbond substituents is 1. The summed E-state index contributed by atoms with van der Waals surface area (Å²) in [5.41, 5.74) is 2.24. The molecule has 1 unspecified atom stereocenters. The number of aliphatic hydroxyl groups is 1. The zero-order chi connectivity index (χ0) is 28.3. The molecule has 1 aliphatic rings. The molecule has 0 bridgehead atoms. The molecule has 1 fully saturated rings. The van der Waals surface area contributed by atoms with Crippen molar-refractivity contribution in [2.24, 2.45) is 5.92 Å². The topological polar surface area (TPSA) is 120 Å². The van der Waals surface area contributed by atoms with Crippen LogP contribution in [0.4, 0.5) is 5.69 Å². The van der Waals surface area contributed by atoms with Crippen LogP contribution in [0.1, 0.15) is 49.1 Å². The average molecular weight is 527 g/mol. The van der Waals surface area contributed by atoms with E-state index in [2.05, 4.69) is 0 Å². The van der Waals surface area contributed by atoms with Crippen molar-refractivity contribution in [1.29, 1.82) is 5.26 Å². The fourth-order valence-electron chi connectivity index (χ4n) is 4.45. The predicted molar refractivity (Wildman–Crippen MR) is 147 cm³/mol. The number of nitrogens with zero attached hydrogens (tertiary/aromatic N) is 2. The lowest BCUT2D eigenvalue weighted by Gasteiger charge is -2.26. The molecule has 1 heterocycles. The van der Waals surface area contributed by atoms with Gasteiger partial charge < -0.3 is 19.7 Å². The van der Waals surface area contributed by atoms with Gasteiger partial charge in [0.15, 0.2) is 11.5 Å². The van der Waals surface area contributed by atoms with Crippen LogP contribution in [0.3, 0.4) is 0 Å². The number of aliphatic hydroxyl groups excluding tert-OH is 1. The lowest BCUT2D eigenvalue weighted by atomic mass is 9.94. The maximum atomic E-state index is 13.5. The number of hydrogen-bond donors (Lipinski definition) is 2. The number of carbonyl (C=O) groups is 2. The molecule has 2 N–H and O–H groups in total. The monoisotopic (exact) mass is 526 g/mol. The van der Waals surface area contributed by atoms with Crippen molar-refractivity contribution < 1.29 is 29.3 Å². The van der Waals surface area contributed by atoms with Crippen LogP contribution in [0.25, 0.3) is 5.76 Å². The smallest absolute Gasteiger partial charge is 0.300 e. The number of ether oxygens (including phenoxy) is 2. The zero-order valence-electron chi connectivity index (χ0n) is 22.3. The third-order valence-corrected chi connectivity index (χ3v) is 6.34. The van der Waals surface area contributed by atoms with Gasteiger partial charge in [-0.3, -0.25) is 14.5 Å². The average Bonchev–Trinajstić information content (AvgIpc) is 3.19. The molecule has 0 saturated carbocycles. The van der Waals surface area contributed by atoms with Gasteiger partial charge in [-0.15, -0.1) is 0 Å². The second-order valence-electron chi connectivity index (χ2n) is 9.67. The molecular formula is C31H30N2O6. The number of carbonyl (C=O) groups excluding carboxylic acids is 2. The van der Waals surface area contributed by atoms with Gasteiger partial charge in [0.2, 0.25) is 0 Å². The normalized spacial score (nSPS) is 16.4. The van der Waals surface area contributed by atoms with Gasteiger partial charge in [-0.25, -0.2) is 0 Å². The van der Waals surface area contributed by atoms with Crippen LogP contribution in [-0.4, -0.2) is 35.1 Å². The molecule has 1 aliphatic heterocycles. The highest BCUT2D eigenvalue weighted by Crippen LogP contribution is 2.44. The van der Waals surface area contributed by atoms with Gasteiger partial charge in [-0.1, -0.05) is 19.9 Å². The van der Waals surface area contributed by atoms with Gasteiger partial charge in [-0.05, 0) is 85.5 Å². The maximum Gasteiger partial charge on any atom is 0.300 e. The molecule has 1 atom stereocenters. The van der Waals surface area contributed by atoms with Crippen molar-refractivity contribution in [2.45, 2.75) is 33.7 Å². The van der Waals surface area contributed by atoms with E-state index in [-0.39, 0.29) is 29.4 Å². The summed E-state index contributed by atoms with van der Waals surface area (Å²) in [6.07, 6.45) is 0. The van der Waals surface area contributed by atoms with E-state index in [9.17, 15) is 25.1 Å². The first kappa shape index (κ1) is 27.3. The highest BCUT2D eigenvalue weighted by Gasteiger charge is 2.47. The summed E-state index contributed by atoms with van der Waals surface area (Å²) in [5, 5.41) is 30.9. The lowest BCUT2D eigenvalue weighted by Crippen LogP contribution is -2.29. The summed E-state index contributed by atoms with van der Waals surface area (Å²) >= 11 is 0. The first-order valence-corrected chi connectivity index (χ1v) is 12.7. The van der Waals surface area contributed by atoms with Gasteiger partial charge in [0, 0.05) is 11.3 Å². The number of nitriles is 1. The summed E-state index contributed by atoms with van der Waals surface area (Å²) < 4.78 is 11.4. The minimum atomic E-state index is -1.02. The van der Waals surface area contributed by atoms with E-state index >= 15 is 0 Å². The number of rotatable bonds is 8. The molecule has 1 saturated heterocycles. The van der Waals surface area contributed by atoms with Crippen LogP contribution < -0.4 is 14.4 Å². The molecular weight excluding hydrogens is 496 g/mol. The van der Waals surface area contributed by atoms with Crippen LogP contribution >= 0.6 is 0 Å². The number of ketones is 1. The third-order valence-electron chi connectivity index (χ3n) is 6.34. The second kappa shape index (κ2) is 11.3. The number of aryl methyl sites for hydroxylation is 1. The summed E-state index contributed by atoms with van der Waals surface area (Å²) in [7, 11) is 0. The first-order chi connectivity index (χ1) is 18.7. The van der Waals surface area contributed by atoms with Crippen molar-refractivity contribution in [3.8, 4) is 23.3 Å². The SMILES string of the molecule is CCOc1cc(C2/C(=C(/O)c3ccc(OCC(C)C)c(C)c3)C(=O)C(=O)N2c2ccc(C#N)cc2)ccc1O. The summed E-state index contributed by atoms with van der Waals surface area (Å²) in [6.45, 7) is 8.52. The summed E-state index contributed by atoms with van der Waals surface area (Å²) in [5.74, 6) is -0.931. The van der Waals surface area contributed by atoms with E-state index in [1.807, 2.05) is 26.8 Å². The van der Waals surface area contributed by atoms with E-state index in [0.29, 0.717) is 40.7 Å². The molecule has 0 radical (unpaired) electrons. The molecule has 1 amide bonds. The molecule has 8 nitrogen and oxygen atoms in total. The number of Topliss-reactive ketones (excluding diaryl/α,β-unsaturated/α-hetero) is 1. The van der Waals surface area contributed by atoms with Crippen LogP contribution in [-0.2, 0) is 9.59 Å². The van der Waals surface area contributed by atoms with Gasteiger partial charge in [0.25, 0.3) is 11.7 Å². The fraction of sp³-hybridized carbons (Fsp3) is 0.258. The number of aromatic hydroxyl groups is 1. The Bertz CT molecular complexity index is 1480. The zero-order valence-corrected chi connectivity index (χ0v) is 22.3. The van der Waals surface area contributed by atoms with E-state index in [4.69, 9.17) is 9.47 Å². The highest BCUT2D eigenvalue weighted by atomic mass is 16.5. The summed E-state index contributed by atoms with van der Waals surface area (Å²) in [6, 6.07) is 16.9. The standard InChI is InChI=1S/C31H30N2O6/c1-5-38-26-15-21(8-12-24(26)34)28-27(29(35)22-9-13-25(19(4)14-22)39-17-18(2)3)30(36)31(37)33(28)23-10-6-20(16-32)7-11-23/h6-15,18,28,34-35H,5,17H2,1-4H3/b29-27-. The Labute approximate surface area is 227 Å². The van der Waals surface area contributed by atoms with Gasteiger partial charge in [0.1, 0.15) is 11.5 Å². The number of anilines is 1. The molecule has 0 spiro atoms. The van der Waals surface area contributed by atoms with Gasteiger partial charge in [-0.2, -0.15) is 5.26 Å². The maximum absolute atomic E-state index is 13.5. The molecule has 3 aromatic carbocycles. The molecule has 4 rings (SSSR count). The van der Waals surface area contributed by atoms with Crippen LogP contribution in [0.5, 0.6) is 17.2 Å². The Hall–Kier alpha value is -4.77. The molecule has 0 aromatic heterocycles. The van der Waals surface area contributed by atoms with Crippen molar-refractivity contribution in [3.05, 3.63) is 88.5 Å². The number of amides is 1. The van der Waals surface area contributed by atoms with Crippen LogP contribution in [0.2, 0.25) is 0 Å². The number of phenols is 1. The molecule has 200 valence electrons. The highest BCUT2D eigenvalue weighted by molar-refractivity contribution is 6.51. The van der Waals surface area contributed by atoms with Gasteiger partial charge in [0.05, 0.1) is 36.5 Å². The van der Waals surface area contributed by atoms with Crippen molar-refractivity contribution in [3.63, 3.8) is 0 Å². The Morgan fingerprint density at radius 1 is 1.03 bits per heavy atom. The summed E-state index contributed by atoms with van der Waals surface area (Å²) in [4.78, 5) is 28.1. The Balaban J connectivity index is 1.88. The first-order valence-electron chi connectivity index (χ1n) is 12.7. The Morgan fingerprint density at radius 2 is 1.74 bits per heavy atom. The predicted octanol–water partition coefficient (Wildman–Crippen LogP) is 5.63. The van der Waals surface area contributed by atoms with Crippen LogP contribution in [0, 0.1) is 24.2 Å². The minimum absolute atomic E-state index is 0.0939. The van der Waals surface area contributed by atoms with Crippen molar-refractivity contribution >= 4 is 23.1 Å². The Kier molecular flexibility index (Phi) is 7.91. The minimum Gasteiger partial charge on any atom is -0.507 e. The fourth-order valence-corrected chi connectivity index (χ4v) is 4.45. The van der Waals surface area contributed by atoms with Crippen LogP contribution in [0.15, 0.2) is 66.2 Å². The largest absolute Gasteiger partial charge is 0.507 e.